The number of halogens is 1. The van der Waals surface area contributed by atoms with E-state index < -0.39 is 10.8 Å². The molecule has 1 saturated carbocycles. The van der Waals surface area contributed by atoms with Crippen LogP contribution in [-0.4, -0.2) is 22.4 Å². The summed E-state index contributed by atoms with van der Waals surface area (Å²) in [4.78, 5) is 26.0. The number of carbonyl (C=O) groups excluding carboxylic acids is 1. The molecular weight excluding hydrogens is 294 g/mol. The fraction of sp³-hybridized carbons (Fsp3) is 0.571. The Bertz CT molecular complexity index is 530. The topological polar surface area (TPSA) is 85.1 Å². The minimum atomic E-state index is -0.626. The van der Waals surface area contributed by atoms with Crippen LogP contribution >= 0.6 is 11.6 Å². The van der Waals surface area contributed by atoms with Gasteiger partial charge in [0.25, 0.3) is 11.6 Å². The maximum atomic E-state index is 12.1. The van der Waals surface area contributed by atoms with Gasteiger partial charge in [0.05, 0.1) is 4.92 Å². The van der Waals surface area contributed by atoms with Crippen LogP contribution in [0.2, 0.25) is 5.15 Å². The van der Waals surface area contributed by atoms with Gasteiger partial charge >= 0.3 is 0 Å². The number of amides is 1. The van der Waals surface area contributed by atoms with E-state index in [1.807, 2.05) is 0 Å². The van der Waals surface area contributed by atoms with E-state index in [0.717, 1.165) is 12.6 Å². The van der Waals surface area contributed by atoms with Crippen LogP contribution in [0.5, 0.6) is 0 Å². The van der Waals surface area contributed by atoms with Crippen molar-refractivity contribution in [3.8, 4) is 0 Å². The zero-order valence-electron chi connectivity index (χ0n) is 11.7. The zero-order valence-corrected chi connectivity index (χ0v) is 12.4. The molecule has 1 N–H and O–H groups in total. The molecule has 0 bridgehead atoms. The normalized spacial score (nSPS) is 15.7. The minimum Gasteiger partial charge on any atom is -0.352 e. The van der Waals surface area contributed by atoms with E-state index in [-0.39, 0.29) is 16.4 Å². The Kier molecular flexibility index (Phi) is 5.50. The van der Waals surface area contributed by atoms with Gasteiger partial charge in [-0.15, -0.1) is 0 Å². The smallest absolute Gasteiger partial charge is 0.300 e. The summed E-state index contributed by atoms with van der Waals surface area (Å²) in [6.07, 6.45) is 8.14. The van der Waals surface area contributed by atoms with Crippen LogP contribution in [0.15, 0.2) is 12.3 Å². The molecule has 1 aliphatic carbocycles. The zero-order chi connectivity index (χ0) is 15.2. The fourth-order valence-electron chi connectivity index (χ4n) is 2.71. The van der Waals surface area contributed by atoms with Crippen LogP contribution < -0.4 is 5.32 Å². The Labute approximate surface area is 128 Å². The molecule has 1 aromatic rings. The van der Waals surface area contributed by atoms with Gasteiger partial charge in [-0.3, -0.25) is 14.9 Å². The molecule has 0 atom stereocenters. The summed E-state index contributed by atoms with van der Waals surface area (Å²) in [5.41, 5.74) is -0.363. The van der Waals surface area contributed by atoms with Crippen molar-refractivity contribution in [2.45, 2.75) is 38.5 Å². The van der Waals surface area contributed by atoms with Gasteiger partial charge in [0.1, 0.15) is 16.9 Å². The first-order chi connectivity index (χ1) is 10.1. The molecule has 1 aliphatic rings. The molecule has 7 heteroatoms. The molecule has 0 spiro atoms. The Hall–Kier alpha value is -1.69. The molecule has 0 unspecified atom stereocenters. The summed E-state index contributed by atoms with van der Waals surface area (Å²) in [6.45, 7) is 0.528. The Morgan fingerprint density at radius 2 is 2.14 bits per heavy atom. The number of aromatic nitrogens is 1. The maximum absolute atomic E-state index is 12.1. The van der Waals surface area contributed by atoms with Crippen molar-refractivity contribution < 1.29 is 9.72 Å². The summed E-state index contributed by atoms with van der Waals surface area (Å²) in [5, 5.41) is 13.7. The quantitative estimate of drug-likeness (QED) is 0.513. The predicted molar refractivity (Wildman–Crippen MR) is 79.4 cm³/mol. The number of nitrogens with one attached hydrogen (secondary N) is 1. The highest BCUT2D eigenvalue weighted by Gasteiger charge is 2.21. The molecule has 0 saturated heterocycles. The van der Waals surface area contributed by atoms with Crippen molar-refractivity contribution in [1.29, 1.82) is 0 Å². The van der Waals surface area contributed by atoms with Crippen LogP contribution in [0.3, 0.4) is 0 Å². The number of nitrogens with zero attached hydrogens (tertiary/aromatic N) is 2. The second kappa shape index (κ2) is 7.36. The Balaban J connectivity index is 1.93. The number of hydrogen-bond donors (Lipinski definition) is 1. The molecule has 1 aromatic heterocycles. The van der Waals surface area contributed by atoms with E-state index in [2.05, 4.69) is 10.3 Å². The van der Waals surface area contributed by atoms with Crippen LogP contribution in [0.4, 0.5) is 5.69 Å². The summed E-state index contributed by atoms with van der Waals surface area (Å²) in [5.74, 6) is 0.178. The standard InChI is InChI=1S/C14H18ClN3O3/c15-13-8-11(12(9-17-13)18(20)21)14(19)16-7-6-10-4-2-1-3-5-10/h8-10H,1-7H2,(H,16,19). The van der Waals surface area contributed by atoms with Gasteiger partial charge in [-0.1, -0.05) is 43.7 Å². The minimum absolute atomic E-state index is 0.0383. The van der Waals surface area contributed by atoms with Crippen molar-refractivity contribution in [2.24, 2.45) is 5.92 Å². The Morgan fingerprint density at radius 3 is 2.81 bits per heavy atom. The highest BCUT2D eigenvalue weighted by Crippen LogP contribution is 2.26. The number of pyridine rings is 1. The third-order valence-electron chi connectivity index (χ3n) is 3.85. The molecule has 0 aromatic carbocycles. The lowest BCUT2D eigenvalue weighted by Crippen LogP contribution is -2.27. The summed E-state index contributed by atoms with van der Waals surface area (Å²) in [6, 6.07) is 1.23. The first-order valence-corrected chi connectivity index (χ1v) is 7.54. The lowest BCUT2D eigenvalue weighted by atomic mass is 9.87. The van der Waals surface area contributed by atoms with E-state index in [4.69, 9.17) is 11.6 Å². The highest BCUT2D eigenvalue weighted by atomic mass is 35.5. The van der Waals surface area contributed by atoms with Crippen molar-refractivity contribution in [3.05, 3.63) is 33.1 Å². The van der Waals surface area contributed by atoms with Crippen molar-refractivity contribution >= 4 is 23.2 Å². The van der Waals surface area contributed by atoms with E-state index in [1.54, 1.807) is 0 Å². The lowest BCUT2D eigenvalue weighted by Gasteiger charge is -2.21. The molecule has 1 fully saturated rings. The molecule has 0 aliphatic heterocycles. The monoisotopic (exact) mass is 311 g/mol. The summed E-state index contributed by atoms with van der Waals surface area (Å²) in [7, 11) is 0. The van der Waals surface area contributed by atoms with Crippen molar-refractivity contribution in [3.63, 3.8) is 0 Å². The van der Waals surface area contributed by atoms with E-state index in [9.17, 15) is 14.9 Å². The molecule has 21 heavy (non-hydrogen) atoms. The van der Waals surface area contributed by atoms with Gasteiger partial charge in [-0.2, -0.15) is 0 Å². The first-order valence-electron chi connectivity index (χ1n) is 7.16. The maximum Gasteiger partial charge on any atom is 0.300 e. The third-order valence-corrected chi connectivity index (χ3v) is 4.06. The fourth-order valence-corrected chi connectivity index (χ4v) is 2.87. The van der Waals surface area contributed by atoms with Crippen LogP contribution in [0, 0.1) is 16.0 Å². The van der Waals surface area contributed by atoms with Gasteiger partial charge in [0.15, 0.2) is 0 Å². The molecule has 6 nitrogen and oxygen atoms in total. The van der Waals surface area contributed by atoms with Gasteiger partial charge in [0, 0.05) is 6.54 Å². The number of carbonyl (C=O) groups is 1. The van der Waals surface area contributed by atoms with Crippen LogP contribution in [0.25, 0.3) is 0 Å². The molecule has 1 heterocycles. The van der Waals surface area contributed by atoms with Gasteiger partial charge in [-0.25, -0.2) is 4.98 Å². The second-order valence-corrected chi connectivity index (χ2v) is 5.72. The van der Waals surface area contributed by atoms with Crippen LogP contribution in [-0.2, 0) is 0 Å². The van der Waals surface area contributed by atoms with Gasteiger partial charge in [0.2, 0.25) is 0 Å². The lowest BCUT2D eigenvalue weighted by molar-refractivity contribution is -0.385. The molecule has 114 valence electrons. The molecular formula is C14H18ClN3O3. The predicted octanol–water partition coefficient (Wildman–Crippen LogP) is 3.34. The van der Waals surface area contributed by atoms with Gasteiger partial charge < -0.3 is 5.32 Å². The summed E-state index contributed by atoms with van der Waals surface area (Å²) < 4.78 is 0. The molecule has 2 rings (SSSR count). The van der Waals surface area contributed by atoms with Crippen LogP contribution in [0.1, 0.15) is 48.9 Å². The Morgan fingerprint density at radius 1 is 1.43 bits per heavy atom. The molecule has 1 amide bonds. The SMILES string of the molecule is O=C(NCCC1CCCCC1)c1cc(Cl)ncc1[N+](=O)[O-]. The summed E-state index contributed by atoms with van der Waals surface area (Å²) >= 11 is 5.71. The number of nitro groups is 1. The largest absolute Gasteiger partial charge is 0.352 e. The average molecular weight is 312 g/mol. The van der Waals surface area contributed by atoms with E-state index in [0.29, 0.717) is 12.5 Å². The second-order valence-electron chi connectivity index (χ2n) is 5.33. The van der Waals surface area contributed by atoms with E-state index >= 15 is 0 Å². The van der Waals surface area contributed by atoms with E-state index in [1.165, 1.54) is 38.2 Å². The van der Waals surface area contributed by atoms with Gasteiger partial charge in [-0.05, 0) is 18.4 Å². The third kappa shape index (κ3) is 4.39. The van der Waals surface area contributed by atoms with Crippen molar-refractivity contribution in [1.82, 2.24) is 10.3 Å². The molecule has 0 radical (unpaired) electrons. The average Bonchev–Trinajstić information content (AvgIpc) is 2.47. The number of hydrogen-bond acceptors (Lipinski definition) is 4. The highest BCUT2D eigenvalue weighted by molar-refractivity contribution is 6.29. The first kappa shape index (κ1) is 15.7. The van der Waals surface area contributed by atoms with Crippen molar-refractivity contribution in [2.75, 3.05) is 6.54 Å². The number of rotatable bonds is 5.